The van der Waals surface area contributed by atoms with Crippen LogP contribution in [0.1, 0.15) is 11.1 Å². The van der Waals surface area contributed by atoms with Crippen LogP contribution in [0.4, 0.5) is 26.3 Å². The van der Waals surface area contributed by atoms with Crippen molar-refractivity contribution in [1.82, 2.24) is 0 Å². The molecule has 2 aromatic rings. The Morgan fingerprint density at radius 3 is 1.00 bits per heavy atom. The van der Waals surface area contributed by atoms with Gasteiger partial charge in [-0.1, -0.05) is 0 Å². The average molecular weight is 290 g/mol. The lowest BCUT2D eigenvalue weighted by atomic mass is 10.0. The summed E-state index contributed by atoms with van der Waals surface area (Å²) in [6.45, 7) is 0. The lowest BCUT2D eigenvalue weighted by molar-refractivity contribution is 0.443. The maximum absolute atomic E-state index is 13.0. The van der Waals surface area contributed by atoms with E-state index in [0.29, 0.717) is 0 Å². The van der Waals surface area contributed by atoms with Crippen LogP contribution in [0.3, 0.4) is 0 Å². The summed E-state index contributed by atoms with van der Waals surface area (Å²) in [7, 11) is 0. The van der Waals surface area contributed by atoms with Crippen LogP contribution in [0.15, 0.2) is 24.3 Å². The Bertz CT molecular complexity index is 547. The predicted octanol–water partition coefficient (Wildman–Crippen LogP) is 4.31. The minimum atomic E-state index is -1.58. The Morgan fingerprint density at radius 2 is 0.750 bits per heavy atom. The molecule has 0 saturated carbocycles. The summed E-state index contributed by atoms with van der Waals surface area (Å²) in [6, 6.07) is 3.20. The topological polar surface area (TPSA) is 0 Å². The molecule has 0 unspecified atom stereocenters. The second-order valence-corrected chi connectivity index (χ2v) is 4.25. The van der Waals surface area contributed by atoms with E-state index in [-0.39, 0.29) is 24.0 Å². The molecule has 0 aliphatic carbocycles. The summed E-state index contributed by atoms with van der Waals surface area (Å²) in [4.78, 5) is 0. The van der Waals surface area contributed by atoms with Crippen molar-refractivity contribution < 1.29 is 26.3 Å². The van der Waals surface area contributed by atoms with E-state index in [1.165, 1.54) is 0 Å². The number of benzene rings is 2. The molecule has 0 aromatic heterocycles. The summed E-state index contributed by atoms with van der Waals surface area (Å²) in [5.74, 6) is -8.50. The van der Waals surface area contributed by atoms with Gasteiger partial charge in [0.25, 0.3) is 0 Å². The van der Waals surface area contributed by atoms with Gasteiger partial charge in [-0.05, 0) is 48.2 Å². The van der Waals surface area contributed by atoms with Gasteiger partial charge in [0.15, 0.2) is 34.9 Å². The highest BCUT2D eigenvalue weighted by atomic mass is 19.2. The van der Waals surface area contributed by atoms with Gasteiger partial charge < -0.3 is 0 Å². The molecule has 6 heteroatoms. The molecule has 0 atom stereocenters. The molecular weight excluding hydrogens is 282 g/mol. The van der Waals surface area contributed by atoms with Crippen molar-refractivity contribution in [2.24, 2.45) is 0 Å². The summed E-state index contributed by atoms with van der Waals surface area (Å²) in [5.41, 5.74) is 0.262. The van der Waals surface area contributed by atoms with Crippen LogP contribution in [0, 0.1) is 34.9 Å². The molecule has 0 aliphatic rings. The molecule has 0 N–H and O–H groups in total. The van der Waals surface area contributed by atoms with E-state index < -0.39 is 34.9 Å². The maximum atomic E-state index is 13.0. The first kappa shape index (κ1) is 14.4. The minimum absolute atomic E-state index is 0.0264. The maximum Gasteiger partial charge on any atom is 0.194 e. The lowest BCUT2D eigenvalue weighted by Crippen LogP contribution is -1.99. The SMILES string of the molecule is Fc1cc(CCc2cc(F)c(F)c(F)c2)cc(F)c1F. The van der Waals surface area contributed by atoms with Gasteiger partial charge >= 0.3 is 0 Å². The van der Waals surface area contributed by atoms with Gasteiger partial charge in [0.05, 0.1) is 0 Å². The van der Waals surface area contributed by atoms with Crippen molar-refractivity contribution in [3.8, 4) is 0 Å². The molecule has 2 rings (SSSR count). The van der Waals surface area contributed by atoms with E-state index in [2.05, 4.69) is 0 Å². The molecule has 0 aliphatic heterocycles. The minimum Gasteiger partial charge on any atom is -0.204 e. The van der Waals surface area contributed by atoms with E-state index >= 15 is 0 Å². The van der Waals surface area contributed by atoms with Crippen molar-refractivity contribution in [2.45, 2.75) is 12.8 Å². The van der Waals surface area contributed by atoms with Crippen LogP contribution in [0.25, 0.3) is 0 Å². The zero-order chi connectivity index (χ0) is 14.9. The van der Waals surface area contributed by atoms with Gasteiger partial charge in [0, 0.05) is 0 Å². The molecule has 0 radical (unpaired) electrons. The Kier molecular flexibility index (Phi) is 4.01. The van der Waals surface area contributed by atoms with Gasteiger partial charge in [0.1, 0.15) is 0 Å². The van der Waals surface area contributed by atoms with Crippen molar-refractivity contribution in [2.75, 3.05) is 0 Å². The second-order valence-electron chi connectivity index (χ2n) is 4.25. The van der Waals surface area contributed by atoms with Crippen LogP contribution < -0.4 is 0 Å². The fourth-order valence-electron chi connectivity index (χ4n) is 1.79. The summed E-state index contributed by atoms with van der Waals surface area (Å²) in [6.07, 6.45) is 0.0528. The molecule has 0 amide bonds. The van der Waals surface area contributed by atoms with Crippen molar-refractivity contribution in [3.05, 3.63) is 70.3 Å². The molecule has 20 heavy (non-hydrogen) atoms. The molecule has 0 bridgehead atoms. The standard InChI is InChI=1S/C14H8F6/c15-9-3-7(4-10(16)13(9)19)1-2-8-5-11(17)14(20)12(18)6-8/h3-6H,1-2H2. The van der Waals surface area contributed by atoms with E-state index in [9.17, 15) is 26.3 Å². The predicted molar refractivity (Wildman–Crippen MR) is 60.0 cm³/mol. The first-order valence-electron chi connectivity index (χ1n) is 5.65. The Hall–Kier alpha value is -1.98. The quantitative estimate of drug-likeness (QED) is 0.584. The van der Waals surface area contributed by atoms with Crippen LogP contribution in [-0.4, -0.2) is 0 Å². The second kappa shape index (κ2) is 5.56. The third-order valence-electron chi connectivity index (χ3n) is 2.79. The van der Waals surface area contributed by atoms with Gasteiger partial charge in [-0.2, -0.15) is 0 Å². The van der Waals surface area contributed by atoms with Crippen molar-refractivity contribution in [3.63, 3.8) is 0 Å². The summed E-state index contributed by atoms with van der Waals surface area (Å²) < 4.78 is 77.3. The Labute approximate surface area is 110 Å². The third kappa shape index (κ3) is 2.95. The molecule has 0 fully saturated rings. The molecule has 0 heterocycles. The number of hydrogen-bond donors (Lipinski definition) is 0. The van der Waals surface area contributed by atoms with E-state index in [1.807, 2.05) is 0 Å². The highest BCUT2D eigenvalue weighted by molar-refractivity contribution is 5.24. The largest absolute Gasteiger partial charge is 0.204 e. The monoisotopic (exact) mass is 290 g/mol. The summed E-state index contributed by atoms with van der Waals surface area (Å²) >= 11 is 0. The van der Waals surface area contributed by atoms with E-state index in [4.69, 9.17) is 0 Å². The first-order valence-corrected chi connectivity index (χ1v) is 5.65. The first-order chi connectivity index (χ1) is 9.38. The van der Waals surface area contributed by atoms with Crippen LogP contribution in [0.5, 0.6) is 0 Å². The zero-order valence-electron chi connectivity index (χ0n) is 9.99. The van der Waals surface area contributed by atoms with Gasteiger partial charge in [-0.25, -0.2) is 26.3 Å². The molecule has 0 saturated heterocycles. The summed E-state index contributed by atoms with van der Waals surface area (Å²) in [5, 5.41) is 0. The fraction of sp³-hybridized carbons (Fsp3) is 0.143. The van der Waals surface area contributed by atoms with Crippen LogP contribution in [0.2, 0.25) is 0 Å². The molecular formula is C14H8F6. The van der Waals surface area contributed by atoms with Crippen LogP contribution in [-0.2, 0) is 12.8 Å². The third-order valence-corrected chi connectivity index (χ3v) is 2.79. The van der Waals surface area contributed by atoms with E-state index in [0.717, 1.165) is 24.3 Å². The molecule has 0 nitrogen and oxygen atoms in total. The van der Waals surface area contributed by atoms with Gasteiger partial charge in [-0.3, -0.25) is 0 Å². The van der Waals surface area contributed by atoms with Gasteiger partial charge in [0.2, 0.25) is 0 Å². The van der Waals surface area contributed by atoms with Crippen molar-refractivity contribution in [1.29, 1.82) is 0 Å². The zero-order valence-corrected chi connectivity index (χ0v) is 9.99. The number of hydrogen-bond acceptors (Lipinski definition) is 0. The van der Waals surface area contributed by atoms with Crippen molar-refractivity contribution >= 4 is 0 Å². The van der Waals surface area contributed by atoms with Crippen LogP contribution >= 0.6 is 0 Å². The highest BCUT2D eigenvalue weighted by Gasteiger charge is 2.13. The van der Waals surface area contributed by atoms with Gasteiger partial charge in [-0.15, -0.1) is 0 Å². The smallest absolute Gasteiger partial charge is 0.194 e. The molecule has 2 aromatic carbocycles. The Morgan fingerprint density at radius 1 is 0.500 bits per heavy atom. The number of aryl methyl sites for hydroxylation is 2. The average Bonchev–Trinajstić information content (AvgIpc) is 2.39. The number of halogens is 6. The normalized spacial score (nSPS) is 10.9. The fourth-order valence-corrected chi connectivity index (χ4v) is 1.79. The number of rotatable bonds is 3. The molecule has 106 valence electrons. The molecule has 0 spiro atoms. The van der Waals surface area contributed by atoms with E-state index in [1.54, 1.807) is 0 Å². The Balaban J connectivity index is 2.17. The highest BCUT2D eigenvalue weighted by Crippen LogP contribution is 2.18. The lowest BCUT2D eigenvalue weighted by Gasteiger charge is -2.05.